The SMILES string of the molecule is O=C(CCNC(=O)c1ccc(Cl)cc1)NC1CC1. The molecule has 1 aliphatic rings. The average molecular weight is 267 g/mol. The van der Waals surface area contributed by atoms with Crippen LogP contribution in [-0.4, -0.2) is 24.4 Å². The molecule has 0 aromatic heterocycles. The van der Waals surface area contributed by atoms with Crippen LogP contribution >= 0.6 is 11.6 Å². The van der Waals surface area contributed by atoms with Crippen LogP contribution in [-0.2, 0) is 4.79 Å². The molecule has 1 saturated carbocycles. The Hall–Kier alpha value is -1.55. The first-order valence-corrected chi connectivity index (χ1v) is 6.36. The van der Waals surface area contributed by atoms with E-state index in [2.05, 4.69) is 10.6 Å². The molecule has 4 nitrogen and oxygen atoms in total. The third-order valence-electron chi connectivity index (χ3n) is 2.69. The first kappa shape index (κ1) is 12.9. The smallest absolute Gasteiger partial charge is 0.251 e. The fraction of sp³-hybridized carbons (Fsp3) is 0.385. The molecule has 0 radical (unpaired) electrons. The number of hydrogen-bond acceptors (Lipinski definition) is 2. The quantitative estimate of drug-likeness (QED) is 0.853. The van der Waals surface area contributed by atoms with Crippen molar-refractivity contribution in [2.24, 2.45) is 0 Å². The van der Waals surface area contributed by atoms with Crippen molar-refractivity contribution in [1.82, 2.24) is 10.6 Å². The minimum absolute atomic E-state index is 0.00564. The van der Waals surface area contributed by atoms with Gasteiger partial charge in [-0.15, -0.1) is 0 Å². The molecule has 2 rings (SSSR count). The van der Waals surface area contributed by atoms with Crippen molar-refractivity contribution in [3.05, 3.63) is 34.9 Å². The second-order valence-corrected chi connectivity index (χ2v) is 4.79. The number of carbonyl (C=O) groups is 2. The summed E-state index contributed by atoms with van der Waals surface area (Å²) in [5.41, 5.74) is 0.544. The number of halogens is 1. The predicted molar refractivity (Wildman–Crippen MR) is 69.6 cm³/mol. The van der Waals surface area contributed by atoms with Gasteiger partial charge >= 0.3 is 0 Å². The molecule has 0 aliphatic heterocycles. The van der Waals surface area contributed by atoms with Gasteiger partial charge in [0.1, 0.15) is 0 Å². The third-order valence-corrected chi connectivity index (χ3v) is 2.94. The maximum atomic E-state index is 11.7. The van der Waals surface area contributed by atoms with Crippen LogP contribution in [0.25, 0.3) is 0 Å². The second-order valence-electron chi connectivity index (χ2n) is 4.35. The molecular weight excluding hydrogens is 252 g/mol. The average Bonchev–Trinajstić information content (AvgIpc) is 3.13. The molecule has 96 valence electrons. The highest BCUT2D eigenvalue weighted by molar-refractivity contribution is 6.30. The van der Waals surface area contributed by atoms with Gasteiger partial charge in [-0.25, -0.2) is 0 Å². The van der Waals surface area contributed by atoms with Crippen LogP contribution in [0.5, 0.6) is 0 Å². The molecule has 1 aromatic rings. The topological polar surface area (TPSA) is 58.2 Å². The summed E-state index contributed by atoms with van der Waals surface area (Å²) in [6, 6.07) is 7.00. The van der Waals surface area contributed by atoms with E-state index in [0.717, 1.165) is 12.8 Å². The fourth-order valence-corrected chi connectivity index (χ4v) is 1.65. The van der Waals surface area contributed by atoms with Crippen LogP contribution in [0.15, 0.2) is 24.3 Å². The standard InChI is InChI=1S/C13H15ClN2O2/c14-10-3-1-9(2-4-10)13(18)15-8-7-12(17)16-11-5-6-11/h1-4,11H,5-8H2,(H,15,18)(H,16,17). The van der Waals surface area contributed by atoms with Crippen molar-refractivity contribution in [3.63, 3.8) is 0 Å². The Morgan fingerprint density at radius 3 is 2.50 bits per heavy atom. The molecule has 2 amide bonds. The van der Waals surface area contributed by atoms with Gasteiger partial charge in [0.25, 0.3) is 5.91 Å². The Bertz CT molecular complexity index is 441. The molecule has 0 heterocycles. The Morgan fingerprint density at radius 2 is 1.89 bits per heavy atom. The molecule has 0 saturated heterocycles. The van der Waals surface area contributed by atoms with Crippen molar-refractivity contribution in [2.75, 3.05) is 6.54 Å². The van der Waals surface area contributed by atoms with Crippen LogP contribution in [0.3, 0.4) is 0 Å². The summed E-state index contributed by atoms with van der Waals surface area (Å²) in [5, 5.41) is 6.16. The summed E-state index contributed by atoms with van der Waals surface area (Å²) < 4.78 is 0. The summed E-state index contributed by atoms with van der Waals surface area (Å²) in [6.07, 6.45) is 2.46. The van der Waals surface area contributed by atoms with Gasteiger partial charge in [0, 0.05) is 29.6 Å². The number of benzene rings is 1. The molecule has 1 fully saturated rings. The van der Waals surface area contributed by atoms with E-state index in [-0.39, 0.29) is 11.8 Å². The molecular formula is C13H15ClN2O2. The van der Waals surface area contributed by atoms with Crippen molar-refractivity contribution in [2.45, 2.75) is 25.3 Å². The van der Waals surface area contributed by atoms with E-state index in [1.165, 1.54) is 0 Å². The van der Waals surface area contributed by atoms with Crippen LogP contribution in [0.2, 0.25) is 5.02 Å². The fourth-order valence-electron chi connectivity index (χ4n) is 1.52. The summed E-state index contributed by atoms with van der Waals surface area (Å²) in [4.78, 5) is 23.1. The maximum absolute atomic E-state index is 11.7. The van der Waals surface area contributed by atoms with Gasteiger partial charge in [0.15, 0.2) is 0 Å². The van der Waals surface area contributed by atoms with Crippen LogP contribution in [0, 0.1) is 0 Å². The van der Waals surface area contributed by atoms with Gasteiger partial charge in [-0.3, -0.25) is 9.59 Å². The summed E-state index contributed by atoms with van der Waals surface area (Å²) >= 11 is 5.73. The van der Waals surface area contributed by atoms with Crippen molar-refractivity contribution >= 4 is 23.4 Å². The molecule has 1 aromatic carbocycles. The summed E-state index contributed by atoms with van der Waals surface area (Å²) in [7, 11) is 0. The summed E-state index contributed by atoms with van der Waals surface area (Å²) in [6.45, 7) is 0.347. The molecule has 0 unspecified atom stereocenters. The predicted octanol–water partition coefficient (Wildman–Crippen LogP) is 1.74. The second kappa shape index (κ2) is 5.87. The first-order chi connectivity index (χ1) is 8.65. The minimum Gasteiger partial charge on any atom is -0.353 e. The zero-order valence-corrected chi connectivity index (χ0v) is 10.7. The van der Waals surface area contributed by atoms with E-state index in [1.807, 2.05) is 0 Å². The van der Waals surface area contributed by atoms with Gasteiger partial charge in [0.05, 0.1) is 0 Å². The Balaban J connectivity index is 1.70. The third kappa shape index (κ3) is 4.04. The number of hydrogen-bond donors (Lipinski definition) is 2. The van der Waals surface area contributed by atoms with E-state index in [0.29, 0.717) is 29.6 Å². The molecule has 0 bridgehead atoms. The van der Waals surface area contributed by atoms with Crippen molar-refractivity contribution in [1.29, 1.82) is 0 Å². The number of carbonyl (C=O) groups excluding carboxylic acids is 2. The Labute approximate surface area is 111 Å². The molecule has 0 spiro atoms. The lowest BCUT2D eigenvalue weighted by molar-refractivity contribution is -0.121. The Kier molecular flexibility index (Phi) is 4.20. The normalized spacial score (nSPS) is 14.1. The highest BCUT2D eigenvalue weighted by Crippen LogP contribution is 2.18. The van der Waals surface area contributed by atoms with Gasteiger partial charge in [-0.2, -0.15) is 0 Å². The molecule has 5 heteroatoms. The lowest BCUT2D eigenvalue weighted by atomic mass is 10.2. The van der Waals surface area contributed by atoms with E-state index >= 15 is 0 Å². The van der Waals surface area contributed by atoms with E-state index in [9.17, 15) is 9.59 Å². The number of nitrogens with one attached hydrogen (secondary N) is 2. The monoisotopic (exact) mass is 266 g/mol. The van der Waals surface area contributed by atoms with Gasteiger partial charge < -0.3 is 10.6 Å². The van der Waals surface area contributed by atoms with Gasteiger partial charge in [-0.1, -0.05) is 11.6 Å². The maximum Gasteiger partial charge on any atom is 0.251 e. The van der Waals surface area contributed by atoms with Gasteiger partial charge in [0.2, 0.25) is 5.91 Å². The first-order valence-electron chi connectivity index (χ1n) is 5.98. The van der Waals surface area contributed by atoms with E-state index in [4.69, 9.17) is 11.6 Å². The van der Waals surface area contributed by atoms with Crippen LogP contribution in [0.4, 0.5) is 0 Å². The van der Waals surface area contributed by atoms with Crippen LogP contribution in [0.1, 0.15) is 29.6 Å². The molecule has 2 N–H and O–H groups in total. The van der Waals surface area contributed by atoms with Crippen molar-refractivity contribution in [3.8, 4) is 0 Å². The molecule has 18 heavy (non-hydrogen) atoms. The van der Waals surface area contributed by atoms with E-state index in [1.54, 1.807) is 24.3 Å². The number of rotatable bonds is 5. The lowest BCUT2D eigenvalue weighted by Gasteiger charge is -2.06. The summed E-state index contributed by atoms with van der Waals surface area (Å²) in [5.74, 6) is -0.195. The van der Waals surface area contributed by atoms with Crippen LogP contribution < -0.4 is 10.6 Å². The van der Waals surface area contributed by atoms with Crippen molar-refractivity contribution < 1.29 is 9.59 Å². The largest absolute Gasteiger partial charge is 0.353 e. The lowest BCUT2D eigenvalue weighted by Crippen LogP contribution is -2.31. The highest BCUT2D eigenvalue weighted by Gasteiger charge is 2.22. The zero-order chi connectivity index (χ0) is 13.0. The zero-order valence-electron chi connectivity index (χ0n) is 9.91. The minimum atomic E-state index is -0.189. The molecule has 1 aliphatic carbocycles. The van der Waals surface area contributed by atoms with Gasteiger partial charge in [-0.05, 0) is 37.1 Å². The highest BCUT2D eigenvalue weighted by atomic mass is 35.5. The number of amides is 2. The van der Waals surface area contributed by atoms with E-state index < -0.39 is 0 Å². The Morgan fingerprint density at radius 1 is 1.22 bits per heavy atom. The molecule has 0 atom stereocenters.